The summed E-state index contributed by atoms with van der Waals surface area (Å²) >= 11 is 0. The third-order valence-corrected chi connectivity index (χ3v) is 4.02. The summed E-state index contributed by atoms with van der Waals surface area (Å²) in [4.78, 5) is 30.7. The molecule has 0 aliphatic carbocycles. The van der Waals surface area contributed by atoms with Gasteiger partial charge >= 0.3 is 6.03 Å². The van der Waals surface area contributed by atoms with Crippen LogP contribution in [0, 0.1) is 6.92 Å². The molecule has 0 fully saturated rings. The molecule has 2 aliphatic heterocycles. The molecular formula is C16H13N3O2. The SMILES string of the molecule is Cc1cn2c(cc1=O)N=C[C@@H]1Cc3ccccc3N1C2=O. The summed E-state index contributed by atoms with van der Waals surface area (Å²) in [6, 6.07) is 9.03. The van der Waals surface area contributed by atoms with Crippen LogP contribution in [0.3, 0.4) is 0 Å². The number of amides is 1. The zero-order valence-corrected chi connectivity index (χ0v) is 11.5. The average Bonchev–Trinajstić information content (AvgIpc) is 2.80. The van der Waals surface area contributed by atoms with Gasteiger partial charge in [-0.2, -0.15) is 0 Å². The molecule has 0 bridgehead atoms. The largest absolute Gasteiger partial charge is 0.334 e. The van der Waals surface area contributed by atoms with Crippen LogP contribution in [0.5, 0.6) is 0 Å². The van der Waals surface area contributed by atoms with Gasteiger partial charge in [0.15, 0.2) is 5.43 Å². The number of carbonyl (C=O) groups is 1. The quantitative estimate of drug-likeness (QED) is 0.743. The van der Waals surface area contributed by atoms with Crippen LogP contribution in [0.25, 0.3) is 0 Å². The highest BCUT2D eigenvalue weighted by Crippen LogP contribution is 2.34. The fraction of sp³-hybridized carbons (Fsp3) is 0.188. The molecule has 5 heteroatoms. The molecule has 0 N–H and O–H groups in total. The number of hydrogen-bond acceptors (Lipinski definition) is 3. The molecule has 1 amide bonds. The van der Waals surface area contributed by atoms with Gasteiger partial charge in [0.05, 0.1) is 6.04 Å². The van der Waals surface area contributed by atoms with Gasteiger partial charge in [-0.25, -0.2) is 9.79 Å². The maximum atomic E-state index is 12.9. The van der Waals surface area contributed by atoms with Crippen LogP contribution in [0.15, 0.2) is 46.3 Å². The van der Waals surface area contributed by atoms with E-state index in [2.05, 4.69) is 4.99 Å². The second-order valence-corrected chi connectivity index (χ2v) is 5.38. The van der Waals surface area contributed by atoms with Crippen LogP contribution in [-0.4, -0.2) is 22.9 Å². The van der Waals surface area contributed by atoms with Crippen molar-refractivity contribution in [2.75, 3.05) is 4.90 Å². The number of pyridine rings is 1. The monoisotopic (exact) mass is 279 g/mol. The maximum Gasteiger partial charge on any atom is 0.334 e. The average molecular weight is 279 g/mol. The van der Waals surface area contributed by atoms with Crippen molar-refractivity contribution in [3.8, 4) is 0 Å². The predicted molar refractivity (Wildman–Crippen MR) is 80.8 cm³/mol. The van der Waals surface area contributed by atoms with Crippen LogP contribution in [0.2, 0.25) is 0 Å². The molecule has 21 heavy (non-hydrogen) atoms. The summed E-state index contributed by atoms with van der Waals surface area (Å²) in [5.41, 5.74) is 2.49. The normalized spacial score (nSPS) is 19.0. The lowest BCUT2D eigenvalue weighted by atomic mass is 10.1. The zero-order valence-electron chi connectivity index (χ0n) is 11.5. The molecule has 0 saturated heterocycles. The van der Waals surface area contributed by atoms with E-state index >= 15 is 0 Å². The van der Waals surface area contributed by atoms with Gasteiger partial charge in [0.25, 0.3) is 0 Å². The summed E-state index contributed by atoms with van der Waals surface area (Å²) < 4.78 is 1.45. The van der Waals surface area contributed by atoms with E-state index in [9.17, 15) is 9.59 Å². The van der Waals surface area contributed by atoms with E-state index in [1.54, 1.807) is 24.2 Å². The zero-order chi connectivity index (χ0) is 14.6. The Morgan fingerprint density at radius 2 is 2.05 bits per heavy atom. The van der Waals surface area contributed by atoms with Crippen molar-refractivity contribution in [3.63, 3.8) is 0 Å². The molecule has 104 valence electrons. The second kappa shape index (κ2) is 4.15. The summed E-state index contributed by atoms with van der Waals surface area (Å²) in [6.45, 7) is 1.70. The number of rotatable bonds is 0. The minimum atomic E-state index is -0.166. The Morgan fingerprint density at radius 1 is 1.24 bits per heavy atom. The van der Waals surface area contributed by atoms with Crippen molar-refractivity contribution < 1.29 is 4.79 Å². The molecule has 5 nitrogen and oxygen atoms in total. The number of aryl methyl sites for hydroxylation is 1. The van der Waals surface area contributed by atoms with E-state index in [4.69, 9.17) is 0 Å². The van der Waals surface area contributed by atoms with Crippen molar-refractivity contribution in [1.29, 1.82) is 0 Å². The van der Waals surface area contributed by atoms with Gasteiger partial charge in [-0.05, 0) is 18.6 Å². The van der Waals surface area contributed by atoms with Crippen molar-refractivity contribution in [1.82, 2.24) is 4.57 Å². The number of aliphatic imine (C=N–C) groups is 1. The van der Waals surface area contributed by atoms with Crippen molar-refractivity contribution >= 4 is 23.8 Å². The first-order valence-electron chi connectivity index (χ1n) is 6.84. The third-order valence-electron chi connectivity index (χ3n) is 4.02. The number of nitrogens with zero attached hydrogens (tertiary/aromatic N) is 3. The summed E-state index contributed by atoms with van der Waals surface area (Å²) in [6.07, 6.45) is 4.08. The van der Waals surface area contributed by atoms with Gasteiger partial charge in [-0.1, -0.05) is 18.2 Å². The summed E-state index contributed by atoms with van der Waals surface area (Å²) in [5.74, 6) is 0.391. The number of benzene rings is 1. The standard InChI is InChI=1S/C16H13N3O2/c1-10-9-18-15(7-14(10)20)17-8-12-6-11-4-2-3-5-13(11)19(12)16(18)21/h2-5,7-9,12H,6H2,1H3/t12-/m0/s1. The van der Waals surface area contributed by atoms with E-state index in [1.807, 2.05) is 24.3 Å². The van der Waals surface area contributed by atoms with Gasteiger partial charge in [0.2, 0.25) is 0 Å². The van der Waals surface area contributed by atoms with Crippen molar-refractivity contribution in [2.24, 2.45) is 4.99 Å². The van der Waals surface area contributed by atoms with E-state index in [0.717, 1.165) is 17.7 Å². The Bertz CT molecular complexity index is 851. The molecule has 0 unspecified atom stereocenters. The lowest BCUT2D eigenvalue weighted by Gasteiger charge is -2.22. The van der Waals surface area contributed by atoms with Gasteiger partial charge < -0.3 is 0 Å². The minimum Gasteiger partial charge on any atom is -0.289 e. The molecule has 1 atom stereocenters. The highest BCUT2D eigenvalue weighted by molar-refractivity contribution is 6.03. The van der Waals surface area contributed by atoms with Crippen LogP contribution in [0.1, 0.15) is 11.1 Å². The molecule has 1 aromatic heterocycles. The van der Waals surface area contributed by atoms with Gasteiger partial charge in [0, 0.05) is 36.1 Å². The Kier molecular flexibility index (Phi) is 2.39. The Hall–Kier alpha value is -2.69. The first-order valence-corrected chi connectivity index (χ1v) is 6.84. The Morgan fingerprint density at radius 3 is 2.90 bits per heavy atom. The number of hydrogen-bond donors (Lipinski definition) is 0. The van der Waals surface area contributed by atoms with Crippen LogP contribution >= 0.6 is 0 Å². The molecule has 1 aromatic carbocycles. The van der Waals surface area contributed by atoms with E-state index in [1.165, 1.54) is 10.6 Å². The minimum absolute atomic E-state index is 0.0924. The number of carbonyl (C=O) groups excluding carboxylic acids is 1. The fourth-order valence-electron chi connectivity index (χ4n) is 2.93. The number of aromatic nitrogens is 1. The summed E-state index contributed by atoms with van der Waals surface area (Å²) in [7, 11) is 0. The van der Waals surface area contributed by atoms with E-state index in [0.29, 0.717) is 11.4 Å². The van der Waals surface area contributed by atoms with Crippen LogP contribution < -0.4 is 10.3 Å². The number of anilines is 1. The molecule has 0 spiro atoms. The number of para-hydroxylation sites is 1. The second-order valence-electron chi connectivity index (χ2n) is 5.38. The highest BCUT2D eigenvalue weighted by atomic mass is 16.2. The predicted octanol–water partition coefficient (Wildman–Crippen LogP) is 2.27. The van der Waals surface area contributed by atoms with Gasteiger partial charge in [-0.15, -0.1) is 0 Å². The maximum absolute atomic E-state index is 12.9. The third kappa shape index (κ3) is 1.67. The molecule has 2 aromatic rings. The smallest absolute Gasteiger partial charge is 0.289 e. The Labute approximate surface area is 121 Å². The summed E-state index contributed by atoms with van der Waals surface area (Å²) in [5, 5.41) is 0. The highest BCUT2D eigenvalue weighted by Gasteiger charge is 2.35. The molecule has 0 saturated carbocycles. The topological polar surface area (TPSA) is 54.7 Å². The van der Waals surface area contributed by atoms with Crippen LogP contribution in [-0.2, 0) is 6.42 Å². The lowest BCUT2D eigenvalue weighted by Crippen LogP contribution is -2.40. The van der Waals surface area contributed by atoms with E-state index in [-0.39, 0.29) is 17.5 Å². The first-order chi connectivity index (χ1) is 10.1. The van der Waals surface area contributed by atoms with E-state index < -0.39 is 0 Å². The van der Waals surface area contributed by atoms with Gasteiger partial charge in [0.1, 0.15) is 5.82 Å². The first kappa shape index (κ1) is 12.1. The Balaban J connectivity index is 1.92. The molecule has 3 heterocycles. The molecule has 2 aliphatic rings. The molecular weight excluding hydrogens is 266 g/mol. The fourth-order valence-corrected chi connectivity index (χ4v) is 2.93. The molecule has 4 rings (SSSR count). The van der Waals surface area contributed by atoms with Crippen molar-refractivity contribution in [2.45, 2.75) is 19.4 Å². The van der Waals surface area contributed by atoms with Crippen molar-refractivity contribution in [3.05, 3.63) is 57.9 Å². The van der Waals surface area contributed by atoms with Gasteiger partial charge in [-0.3, -0.25) is 14.3 Å². The number of fused-ring (bicyclic) bond motifs is 4. The lowest BCUT2D eigenvalue weighted by molar-refractivity contribution is 0.248. The molecule has 0 radical (unpaired) electrons. The van der Waals surface area contributed by atoms with Crippen LogP contribution in [0.4, 0.5) is 16.3 Å².